The fraction of sp³-hybridized carbons (Fsp3) is 0.136. The van der Waals surface area contributed by atoms with Gasteiger partial charge in [-0.05, 0) is 48.9 Å². The number of hydrogen-bond acceptors (Lipinski definition) is 5. The minimum absolute atomic E-state index is 0.203. The van der Waals surface area contributed by atoms with Crippen LogP contribution < -0.4 is 10.6 Å². The molecule has 0 aliphatic heterocycles. The van der Waals surface area contributed by atoms with E-state index in [0.717, 1.165) is 5.56 Å². The summed E-state index contributed by atoms with van der Waals surface area (Å²) in [6.45, 7) is 2.43. The number of rotatable bonds is 7. The van der Waals surface area contributed by atoms with Gasteiger partial charge in [-0.1, -0.05) is 12.1 Å². The van der Waals surface area contributed by atoms with Gasteiger partial charge in [-0.25, -0.2) is 14.6 Å². The van der Waals surface area contributed by atoms with Crippen LogP contribution in [0.1, 0.15) is 28.9 Å². The number of carbonyl (C=O) groups excluding carboxylic acids is 2. The van der Waals surface area contributed by atoms with Crippen molar-refractivity contribution in [1.29, 1.82) is 0 Å². The van der Waals surface area contributed by atoms with Gasteiger partial charge in [0.15, 0.2) is 0 Å². The van der Waals surface area contributed by atoms with Gasteiger partial charge in [0.2, 0.25) is 5.91 Å². The first-order valence-electron chi connectivity index (χ1n) is 9.69. The molecule has 0 aliphatic carbocycles. The highest BCUT2D eigenvalue weighted by Gasteiger charge is 2.15. The van der Waals surface area contributed by atoms with Gasteiger partial charge in [0.1, 0.15) is 18.7 Å². The first kappa shape index (κ1) is 20.0. The van der Waals surface area contributed by atoms with Gasteiger partial charge in [-0.15, -0.1) is 0 Å². The molecule has 2 amide bonds. The molecule has 0 fully saturated rings. The summed E-state index contributed by atoms with van der Waals surface area (Å²) in [7, 11) is 0. The fourth-order valence-corrected chi connectivity index (χ4v) is 2.98. The van der Waals surface area contributed by atoms with Gasteiger partial charge in [0.05, 0.1) is 6.33 Å². The van der Waals surface area contributed by atoms with Crippen LogP contribution in [0.3, 0.4) is 0 Å². The summed E-state index contributed by atoms with van der Waals surface area (Å²) in [6.07, 6.45) is 8.25. The van der Waals surface area contributed by atoms with Gasteiger partial charge >= 0.3 is 0 Å². The maximum Gasteiger partial charge on any atom is 0.255 e. The molecule has 0 saturated carbocycles. The number of nitrogens with zero attached hydrogens (tertiary/aromatic N) is 5. The molecule has 2 aromatic carbocycles. The molecule has 0 spiro atoms. The van der Waals surface area contributed by atoms with Crippen molar-refractivity contribution in [1.82, 2.24) is 24.3 Å². The normalized spacial score (nSPS) is 11.6. The Hall–Kier alpha value is -4.27. The molecular weight excluding hydrogens is 394 g/mol. The van der Waals surface area contributed by atoms with E-state index in [9.17, 15) is 9.59 Å². The van der Waals surface area contributed by atoms with E-state index in [1.165, 1.54) is 17.3 Å². The third-order valence-corrected chi connectivity index (χ3v) is 4.76. The lowest BCUT2D eigenvalue weighted by Gasteiger charge is -2.12. The van der Waals surface area contributed by atoms with Crippen LogP contribution >= 0.6 is 0 Å². The molecule has 0 aliphatic rings. The van der Waals surface area contributed by atoms with E-state index < -0.39 is 6.04 Å². The van der Waals surface area contributed by atoms with E-state index in [2.05, 4.69) is 25.7 Å². The van der Waals surface area contributed by atoms with Crippen LogP contribution in [0.25, 0.3) is 0 Å². The Morgan fingerprint density at radius 3 is 2.26 bits per heavy atom. The molecule has 1 atom stereocenters. The predicted octanol–water partition coefficient (Wildman–Crippen LogP) is 2.97. The molecule has 0 saturated heterocycles. The first-order chi connectivity index (χ1) is 15.1. The highest BCUT2D eigenvalue weighted by molar-refractivity contribution is 6.04. The maximum absolute atomic E-state index is 12.5. The van der Waals surface area contributed by atoms with Crippen LogP contribution in [-0.4, -0.2) is 36.1 Å². The molecule has 31 heavy (non-hydrogen) atoms. The standard InChI is InChI=1S/C22H21N7O2/c1-16(29-15-24-13-25-29)21(30)26-19-6-8-20(9-7-19)27-22(31)18-4-2-17(3-5-18)12-28-11-10-23-14-28/h2-11,13-16H,12H2,1H3,(H,26,30)(H,27,31). The summed E-state index contributed by atoms with van der Waals surface area (Å²) in [6, 6.07) is 13.9. The van der Waals surface area contributed by atoms with E-state index in [-0.39, 0.29) is 11.8 Å². The minimum atomic E-state index is -0.487. The minimum Gasteiger partial charge on any atom is -0.333 e. The number of anilines is 2. The Labute approximate surface area is 178 Å². The molecule has 2 heterocycles. The summed E-state index contributed by atoms with van der Waals surface area (Å²) in [4.78, 5) is 32.7. The number of carbonyl (C=O) groups is 2. The number of amides is 2. The van der Waals surface area contributed by atoms with Gasteiger partial charge < -0.3 is 15.2 Å². The lowest BCUT2D eigenvalue weighted by molar-refractivity contribution is -0.119. The van der Waals surface area contributed by atoms with Crippen LogP contribution in [0.4, 0.5) is 11.4 Å². The van der Waals surface area contributed by atoms with Crippen molar-refractivity contribution in [2.24, 2.45) is 0 Å². The Morgan fingerprint density at radius 1 is 0.935 bits per heavy atom. The van der Waals surface area contributed by atoms with Crippen molar-refractivity contribution >= 4 is 23.2 Å². The number of benzene rings is 2. The fourth-order valence-electron chi connectivity index (χ4n) is 2.98. The second-order valence-corrected chi connectivity index (χ2v) is 7.00. The summed E-state index contributed by atoms with van der Waals surface area (Å²) >= 11 is 0. The smallest absolute Gasteiger partial charge is 0.255 e. The molecule has 2 aromatic heterocycles. The lowest BCUT2D eigenvalue weighted by Crippen LogP contribution is -2.24. The first-order valence-corrected chi connectivity index (χ1v) is 9.69. The van der Waals surface area contributed by atoms with Crippen LogP contribution in [0, 0.1) is 0 Å². The average Bonchev–Trinajstić information content (AvgIpc) is 3.49. The Morgan fingerprint density at radius 2 is 1.65 bits per heavy atom. The van der Waals surface area contributed by atoms with Crippen LogP contribution in [0.15, 0.2) is 79.9 Å². The molecule has 9 heteroatoms. The third kappa shape index (κ3) is 5.02. The SMILES string of the molecule is CC(C(=O)Nc1ccc(NC(=O)c2ccc(Cn3ccnc3)cc2)cc1)n1cncn1. The monoisotopic (exact) mass is 415 g/mol. The van der Waals surface area contributed by atoms with Crippen molar-refractivity contribution < 1.29 is 9.59 Å². The predicted molar refractivity (Wildman–Crippen MR) is 116 cm³/mol. The van der Waals surface area contributed by atoms with Crippen LogP contribution in [0.5, 0.6) is 0 Å². The van der Waals surface area contributed by atoms with Crippen molar-refractivity contribution in [3.63, 3.8) is 0 Å². The molecule has 2 N–H and O–H groups in total. The third-order valence-electron chi connectivity index (χ3n) is 4.76. The average molecular weight is 415 g/mol. The van der Waals surface area contributed by atoms with E-state index in [1.807, 2.05) is 22.9 Å². The Bertz CT molecular complexity index is 1140. The zero-order valence-corrected chi connectivity index (χ0v) is 16.8. The second-order valence-electron chi connectivity index (χ2n) is 7.00. The topological polar surface area (TPSA) is 107 Å². The zero-order valence-electron chi connectivity index (χ0n) is 16.8. The number of nitrogens with one attached hydrogen (secondary N) is 2. The molecule has 4 aromatic rings. The van der Waals surface area contributed by atoms with Crippen LogP contribution in [0.2, 0.25) is 0 Å². The van der Waals surface area contributed by atoms with Gasteiger partial charge in [-0.2, -0.15) is 5.10 Å². The molecule has 0 bridgehead atoms. The Balaban J connectivity index is 1.33. The lowest BCUT2D eigenvalue weighted by atomic mass is 10.1. The molecule has 0 radical (unpaired) electrons. The quantitative estimate of drug-likeness (QED) is 0.483. The maximum atomic E-state index is 12.5. The molecule has 1 unspecified atom stereocenters. The van der Waals surface area contributed by atoms with Crippen molar-refractivity contribution in [3.05, 3.63) is 91.0 Å². The van der Waals surface area contributed by atoms with Crippen molar-refractivity contribution in [2.45, 2.75) is 19.5 Å². The summed E-state index contributed by atoms with van der Waals surface area (Å²) < 4.78 is 3.44. The van der Waals surface area contributed by atoms with E-state index in [0.29, 0.717) is 23.5 Å². The van der Waals surface area contributed by atoms with Crippen molar-refractivity contribution in [2.75, 3.05) is 10.6 Å². The van der Waals surface area contributed by atoms with Crippen LogP contribution in [-0.2, 0) is 11.3 Å². The van der Waals surface area contributed by atoms with E-state index in [1.54, 1.807) is 55.8 Å². The summed E-state index contributed by atoms with van der Waals surface area (Å²) in [5, 5.41) is 9.65. The largest absolute Gasteiger partial charge is 0.333 e. The molecular formula is C22H21N7O2. The number of hydrogen-bond donors (Lipinski definition) is 2. The highest BCUT2D eigenvalue weighted by atomic mass is 16.2. The molecule has 9 nitrogen and oxygen atoms in total. The van der Waals surface area contributed by atoms with Crippen molar-refractivity contribution in [3.8, 4) is 0 Å². The summed E-state index contributed by atoms with van der Waals surface area (Å²) in [5.74, 6) is -0.413. The van der Waals surface area contributed by atoms with Gasteiger partial charge in [0, 0.05) is 35.9 Å². The highest BCUT2D eigenvalue weighted by Crippen LogP contribution is 2.17. The zero-order chi connectivity index (χ0) is 21.6. The van der Waals surface area contributed by atoms with Gasteiger partial charge in [-0.3, -0.25) is 9.59 Å². The van der Waals surface area contributed by atoms with Gasteiger partial charge in [0.25, 0.3) is 5.91 Å². The second kappa shape index (κ2) is 9.04. The Kier molecular flexibility index (Phi) is 5.84. The number of imidazole rings is 1. The molecule has 156 valence electrons. The number of aromatic nitrogens is 5. The summed E-state index contributed by atoms with van der Waals surface area (Å²) in [5.41, 5.74) is 2.90. The molecule has 4 rings (SSSR count). The van der Waals surface area contributed by atoms with E-state index in [4.69, 9.17) is 0 Å². The van der Waals surface area contributed by atoms with E-state index >= 15 is 0 Å².